The van der Waals surface area contributed by atoms with Gasteiger partial charge in [-0.15, -0.1) is 0 Å². The SMILES string of the molecule is O=C(CN1CCN(Cc2ccccc2)CC1)Nc1ccccc1Cc1ccccc1. The van der Waals surface area contributed by atoms with Crippen LogP contribution in [0.25, 0.3) is 0 Å². The molecule has 0 spiro atoms. The van der Waals surface area contributed by atoms with Crippen molar-refractivity contribution in [2.24, 2.45) is 0 Å². The van der Waals surface area contributed by atoms with Gasteiger partial charge in [-0.25, -0.2) is 0 Å². The van der Waals surface area contributed by atoms with E-state index in [-0.39, 0.29) is 5.91 Å². The molecule has 0 unspecified atom stereocenters. The van der Waals surface area contributed by atoms with Crippen LogP contribution in [0.4, 0.5) is 5.69 Å². The van der Waals surface area contributed by atoms with E-state index in [1.807, 2.05) is 36.4 Å². The van der Waals surface area contributed by atoms with Crippen LogP contribution in [0.1, 0.15) is 16.7 Å². The number of anilines is 1. The molecule has 3 aromatic carbocycles. The van der Waals surface area contributed by atoms with Crippen molar-refractivity contribution in [2.45, 2.75) is 13.0 Å². The maximum atomic E-state index is 12.7. The Balaban J connectivity index is 1.27. The molecule has 4 nitrogen and oxygen atoms in total. The van der Waals surface area contributed by atoms with Gasteiger partial charge in [-0.1, -0.05) is 78.9 Å². The van der Waals surface area contributed by atoms with Crippen LogP contribution >= 0.6 is 0 Å². The second kappa shape index (κ2) is 10.2. The Kier molecular flexibility index (Phi) is 6.91. The molecule has 1 aliphatic rings. The number of nitrogens with one attached hydrogen (secondary N) is 1. The van der Waals surface area contributed by atoms with Crippen molar-refractivity contribution in [3.8, 4) is 0 Å². The highest BCUT2D eigenvalue weighted by Gasteiger charge is 2.19. The average molecular weight is 400 g/mol. The van der Waals surface area contributed by atoms with E-state index in [4.69, 9.17) is 0 Å². The Labute approximate surface area is 179 Å². The fourth-order valence-electron chi connectivity index (χ4n) is 3.95. The second-order valence-corrected chi connectivity index (χ2v) is 7.91. The van der Waals surface area contributed by atoms with E-state index in [2.05, 4.69) is 63.6 Å². The molecule has 1 heterocycles. The summed E-state index contributed by atoms with van der Waals surface area (Å²) in [5.41, 5.74) is 4.64. The number of carbonyl (C=O) groups is 1. The summed E-state index contributed by atoms with van der Waals surface area (Å²) >= 11 is 0. The zero-order chi connectivity index (χ0) is 20.6. The Hall–Kier alpha value is -2.95. The van der Waals surface area contributed by atoms with E-state index < -0.39 is 0 Å². The predicted molar refractivity (Wildman–Crippen MR) is 122 cm³/mol. The van der Waals surface area contributed by atoms with E-state index in [0.717, 1.165) is 50.4 Å². The predicted octanol–water partition coefficient (Wildman–Crippen LogP) is 4.03. The number of carbonyl (C=O) groups excluding carboxylic acids is 1. The lowest BCUT2D eigenvalue weighted by atomic mass is 10.0. The minimum atomic E-state index is 0.0621. The fraction of sp³-hybridized carbons (Fsp3) is 0.269. The van der Waals surface area contributed by atoms with Gasteiger partial charge in [0, 0.05) is 38.4 Å². The van der Waals surface area contributed by atoms with Gasteiger partial charge < -0.3 is 5.32 Å². The second-order valence-electron chi connectivity index (χ2n) is 7.91. The van der Waals surface area contributed by atoms with Gasteiger partial charge in [0.1, 0.15) is 0 Å². The minimum absolute atomic E-state index is 0.0621. The Morgan fingerprint density at radius 3 is 1.97 bits per heavy atom. The molecular weight excluding hydrogens is 370 g/mol. The summed E-state index contributed by atoms with van der Waals surface area (Å²) in [4.78, 5) is 17.4. The van der Waals surface area contributed by atoms with Gasteiger partial charge in [0.15, 0.2) is 0 Å². The van der Waals surface area contributed by atoms with Crippen LogP contribution in [0.3, 0.4) is 0 Å². The molecule has 1 fully saturated rings. The summed E-state index contributed by atoms with van der Waals surface area (Å²) in [6.07, 6.45) is 0.815. The maximum Gasteiger partial charge on any atom is 0.238 e. The topological polar surface area (TPSA) is 35.6 Å². The van der Waals surface area contributed by atoms with Crippen LogP contribution in [-0.4, -0.2) is 48.4 Å². The molecule has 0 saturated carbocycles. The number of hydrogen-bond acceptors (Lipinski definition) is 3. The first-order chi connectivity index (χ1) is 14.8. The van der Waals surface area contributed by atoms with Gasteiger partial charge in [0.25, 0.3) is 0 Å². The Bertz CT molecular complexity index is 935. The van der Waals surface area contributed by atoms with Crippen molar-refractivity contribution in [3.05, 3.63) is 102 Å². The molecule has 0 aromatic heterocycles. The van der Waals surface area contributed by atoms with Crippen LogP contribution in [0.2, 0.25) is 0 Å². The van der Waals surface area contributed by atoms with E-state index in [9.17, 15) is 4.79 Å². The lowest BCUT2D eigenvalue weighted by Crippen LogP contribution is -2.48. The molecule has 1 amide bonds. The van der Waals surface area contributed by atoms with Crippen LogP contribution in [0, 0.1) is 0 Å². The number of hydrogen-bond donors (Lipinski definition) is 1. The van der Waals surface area contributed by atoms with Gasteiger partial charge in [-0.2, -0.15) is 0 Å². The Morgan fingerprint density at radius 2 is 1.27 bits per heavy atom. The zero-order valence-corrected chi connectivity index (χ0v) is 17.3. The molecule has 1 aliphatic heterocycles. The summed E-state index contributed by atoms with van der Waals surface area (Å²) in [6, 6.07) is 29.0. The molecule has 1 N–H and O–H groups in total. The molecule has 0 atom stereocenters. The lowest BCUT2D eigenvalue weighted by Gasteiger charge is -2.34. The van der Waals surface area contributed by atoms with Crippen LogP contribution in [0.15, 0.2) is 84.9 Å². The first-order valence-electron chi connectivity index (χ1n) is 10.7. The third-order valence-electron chi connectivity index (χ3n) is 5.61. The third-order valence-corrected chi connectivity index (χ3v) is 5.61. The quantitative estimate of drug-likeness (QED) is 0.651. The van der Waals surface area contributed by atoms with E-state index >= 15 is 0 Å². The van der Waals surface area contributed by atoms with E-state index in [1.165, 1.54) is 11.1 Å². The fourth-order valence-corrected chi connectivity index (χ4v) is 3.95. The lowest BCUT2D eigenvalue weighted by molar-refractivity contribution is -0.117. The van der Waals surface area contributed by atoms with Crippen molar-refractivity contribution < 1.29 is 4.79 Å². The largest absolute Gasteiger partial charge is 0.325 e. The number of benzene rings is 3. The van der Waals surface area contributed by atoms with Crippen molar-refractivity contribution in [1.29, 1.82) is 0 Å². The van der Waals surface area contributed by atoms with Crippen LogP contribution < -0.4 is 5.32 Å². The molecular formula is C26H29N3O. The van der Waals surface area contributed by atoms with Gasteiger partial charge in [-0.3, -0.25) is 14.6 Å². The first kappa shape index (κ1) is 20.3. The average Bonchev–Trinajstić information content (AvgIpc) is 2.78. The summed E-state index contributed by atoms with van der Waals surface area (Å²) in [5, 5.41) is 3.13. The molecule has 4 heteroatoms. The molecule has 4 rings (SSSR count). The normalized spacial score (nSPS) is 15.1. The van der Waals surface area contributed by atoms with Crippen LogP contribution in [-0.2, 0) is 17.8 Å². The highest BCUT2D eigenvalue weighted by molar-refractivity contribution is 5.93. The summed E-state index contributed by atoms with van der Waals surface area (Å²) in [6.45, 7) is 5.25. The molecule has 0 bridgehead atoms. The first-order valence-corrected chi connectivity index (χ1v) is 10.7. The van der Waals surface area contributed by atoms with E-state index in [1.54, 1.807) is 0 Å². The summed E-state index contributed by atoms with van der Waals surface area (Å²) in [7, 11) is 0. The highest BCUT2D eigenvalue weighted by Crippen LogP contribution is 2.19. The third kappa shape index (κ3) is 5.78. The van der Waals surface area contributed by atoms with Crippen molar-refractivity contribution in [3.63, 3.8) is 0 Å². The number of amides is 1. The van der Waals surface area contributed by atoms with Gasteiger partial charge in [0.2, 0.25) is 5.91 Å². The maximum absolute atomic E-state index is 12.7. The summed E-state index contributed by atoms with van der Waals surface area (Å²) in [5.74, 6) is 0.0621. The standard InChI is InChI=1S/C26H29N3O/c30-26(21-29-17-15-28(16-18-29)20-23-11-5-2-6-12-23)27-25-14-8-7-13-24(25)19-22-9-3-1-4-10-22/h1-14H,15-21H2,(H,27,30). The number of rotatable bonds is 7. The Morgan fingerprint density at radius 1 is 0.700 bits per heavy atom. The van der Waals surface area contributed by atoms with Gasteiger partial charge >= 0.3 is 0 Å². The molecule has 3 aromatic rings. The van der Waals surface area contributed by atoms with Gasteiger partial charge in [0.05, 0.1) is 6.54 Å². The van der Waals surface area contributed by atoms with Crippen molar-refractivity contribution >= 4 is 11.6 Å². The molecule has 154 valence electrons. The van der Waals surface area contributed by atoms with Gasteiger partial charge in [-0.05, 0) is 29.2 Å². The van der Waals surface area contributed by atoms with Crippen LogP contribution in [0.5, 0.6) is 0 Å². The molecule has 0 aliphatic carbocycles. The minimum Gasteiger partial charge on any atom is -0.325 e. The highest BCUT2D eigenvalue weighted by atomic mass is 16.2. The monoisotopic (exact) mass is 399 g/mol. The molecule has 0 radical (unpaired) electrons. The number of piperazine rings is 1. The number of para-hydroxylation sites is 1. The number of nitrogens with zero attached hydrogens (tertiary/aromatic N) is 2. The van der Waals surface area contributed by atoms with Crippen molar-refractivity contribution in [2.75, 3.05) is 38.0 Å². The van der Waals surface area contributed by atoms with E-state index in [0.29, 0.717) is 6.54 Å². The smallest absolute Gasteiger partial charge is 0.238 e. The molecule has 30 heavy (non-hydrogen) atoms. The molecule has 1 saturated heterocycles. The van der Waals surface area contributed by atoms with Crippen molar-refractivity contribution in [1.82, 2.24) is 9.80 Å². The zero-order valence-electron chi connectivity index (χ0n) is 17.3. The summed E-state index contributed by atoms with van der Waals surface area (Å²) < 4.78 is 0.